The second kappa shape index (κ2) is 6.23. The first-order valence-corrected chi connectivity index (χ1v) is 8.44. The van der Waals surface area contributed by atoms with Crippen LogP contribution >= 0.6 is 23.1 Å². The molecule has 1 aliphatic heterocycles. The van der Waals surface area contributed by atoms with Gasteiger partial charge in [-0.15, -0.1) is 11.3 Å². The second-order valence-electron chi connectivity index (χ2n) is 5.09. The van der Waals surface area contributed by atoms with E-state index >= 15 is 0 Å². The average Bonchev–Trinajstić information content (AvgIpc) is 3.02. The predicted octanol–water partition coefficient (Wildman–Crippen LogP) is 1.90. The Morgan fingerprint density at radius 1 is 1.36 bits per heavy atom. The van der Waals surface area contributed by atoms with E-state index < -0.39 is 23.9 Å². The first-order chi connectivity index (χ1) is 10.5. The number of hydrogen-bond donors (Lipinski definition) is 3. The molecule has 8 heteroatoms. The fraction of sp³-hybridized carbons (Fsp3) is 0.357. The third kappa shape index (κ3) is 3.08. The summed E-state index contributed by atoms with van der Waals surface area (Å²) in [5.74, 6) is -2.43. The number of aromatic nitrogens is 1. The van der Waals surface area contributed by atoms with E-state index in [4.69, 9.17) is 5.11 Å². The smallest absolute Gasteiger partial charge is 0.321 e. The summed E-state index contributed by atoms with van der Waals surface area (Å²) in [5, 5.41) is 21.0. The minimum absolute atomic E-state index is 0.113. The van der Waals surface area contributed by atoms with Gasteiger partial charge in [0.25, 0.3) is 0 Å². The molecule has 1 aliphatic rings. The normalized spacial score (nSPS) is 24.6. The first-order valence-electron chi connectivity index (χ1n) is 6.75. The summed E-state index contributed by atoms with van der Waals surface area (Å²) in [4.78, 5) is 26.8. The number of nitrogens with one attached hydrogen (secondary N) is 1. The van der Waals surface area contributed by atoms with Crippen LogP contribution in [0.2, 0.25) is 0 Å². The molecule has 6 nitrogen and oxygen atoms in total. The third-order valence-corrected chi connectivity index (χ3v) is 6.13. The summed E-state index contributed by atoms with van der Waals surface area (Å²) in [7, 11) is 0. The van der Waals surface area contributed by atoms with Gasteiger partial charge in [-0.2, -0.15) is 0 Å². The van der Waals surface area contributed by atoms with Crippen LogP contribution in [0.1, 0.15) is 6.42 Å². The van der Waals surface area contributed by atoms with Crippen molar-refractivity contribution in [2.24, 2.45) is 5.92 Å². The highest BCUT2D eigenvalue weighted by Gasteiger charge is 2.42. The minimum atomic E-state index is -1.00. The van der Waals surface area contributed by atoms with Crippen LogP contribution < -0.4 is 5.32 Å². The average molecular weight is 338 g/mol. The lowest BCUT2D eigenvalue weighted by Gasteiger charge is -2.18. The number of hydrogen-bond acceptors (Lipinski definition) is 6. The summed E-state index contributed by atoms with van der Waals surface area (Å²) in [5.41, 5.74) is 0.908. The van der Waals surface area contributed by atoms with Crippen LogP contribution in [-0.4, -0.2) is 45.0 Å². The number of aliphatic carboxylic acids is 2. The van der Waals surface area contributed by atoms with Crippen LogP contribution in [0.5, 0.6) is 0 Å². The third-order valence-electron chi connectivity index (χ3n) is 3.65. The number of thiazole rings is 1. The Labute approximate surface area is 134 Å². The van der Waals surface area contributed by atoms with Crippen molar-refractivity contribution in [3.63, 3.8) is 0 Å². The van der Waals surface area contributed by atoms with Crippen LogP contribution in [0.4, 0.5) is 0 Å². The molecule has 1 aromatic carbocycles. The van der Waals surface area contributed by atoms with Crippen molar-refractivity contribution in [3.05, 3.63) is 24.3 Å². The Bertz CT molecular complexity index is 685. The zero-order valence-electron chi connectivity index (χ0n) is 11.4. The SMILES string of the molecule is O=C(O)C[C@H]1[C@@H](Sc2nc3ccccc3s2)CN[C@@H]1C(=O)O. The van der Waals surface area contributed by atoms with E-state index in [0.29, 0.717) is 6.54 Å². The van der Waals surface area contributed by atoms with Gasteiger partial charge in [0.15, 0.2) is 4.34 Å². The number of nitrogens with zero attached hydrogens (tertiary/aromatic N) is 1. The molecule has 3 rings (SSSR count). The van der Waals surface area contributed by atoms with Crippen LogP contribution in [0.15, 0.2) is 28.6 Å². The van der Waals surface area contributed by atoms with E-state index in [1.165, 1.54) is 11.8 Å². The quantitative estimate of drug-likeness (QED) is 0.765. The predicted molar refractivity (Wildman–Crippen MR) is 84.4 cm³/mol. The molecule has 0 spiro atoms. The Hall–Kier alpha value is -1.64. The van der Waals surface area contributed by atoms with E-state index in [1.54, 1.807) is 11.3 Å². The van der Waals surface area contributed by atoms with Gasteiger partial charge in [-0.05, 0) is 12.1 Å². The molecule has 2 heterocycles. The van der Waals surface area contributed by atoms with Gasteiger partial charge in [-0.3, -0.25) is 9.59 Å². The molecule has 3 atom stereocenters. The number of fused-ring (bicyclic) bond motifs is 1. The second-order valence-corrected chi connectivity index (χ2v) is 7.61. The fourth-order valence-corrected chi connectivity index (χ4v) is 5.19. The summed E-state index contributed by atoms with van der Waals surface area (Å²) in [6.45, 7) is 0.468. The van der Waals surface area contributed by atoms with E-state index in [9.17, 15) is 14.7 Å². The molecule has 22 heavy (non-hydrogen) atoms. The Balaban J connectivity index is 1.80. The number of carboxylic acids is 2. The van der Waals surface area contributed by atoms with Gasteiger partial charge in [0.05, 0.1) is 16.6 Å². The highest BCUT2D eigenvalue weighted by Crippen LogP contribution is 2.38. The van der Waals surface area contributed by atoms with E-state index in [-0.39, 0.29) is 11.7 Å². The topological polar surface area (TPSA) is 99.5 Å². The molecule has 2 aromatic rings. The molecule has 0 saturated carbocycles. The monoisotopic (exact) mass is 338 g/mol. The van der Waals surface area contributed by atoms with Crippen LogP contribution in [0.3, 0.4) is 0 Å². The highest BCUT2D eigenvalue weighted by molar-refractivity contribution is 8.01. The maximum atomic E-state index is 11.3. The van der Waals surface area contributed by atoms with Gasteiger partial charge in [0.2, 0.25) is 0 Å². The van der Waals surface area contributed by atoms with Gasteiger partial charge < -0.3 is 15.5 Å². The lowest BCUT2D eigenvalue weighted by atomic mass is 9.97. The number of para-hydroxylation sites is 1. The Morgan fingerprint density at radius 3 is 2.82 bits per heavy atom. The van der Waals surface area contributed by atoms with Crippen molar-refractivity contribution in [1.82, 2.24) is 10.3 Å². The van der Waals surface area contributed by atoms with Crippen LogP contribution in [-0.2, 0) is 9.59 Å². The van der Waals surface area contributed by atoms with Crippen molar-refractivity contribution in [1.29, 1.82) is 0 Å². The van der Waals surface area contributed by atoms with E-state index in [1.807, 2.05) is 24.3 Å². The van der Waals surface area contributed by atoms with Gasteiger partial charge in [-0.1, -0.05) is 23.9 Å². The molecule has 3 N–H and O–H groups in total. The van der Waals surface area contributed by atoms with Crippen molar-refractivity contribution >= 4 is 45.3 Å². The molecular formula is C14H14N2O4S2. The molecule has 1 saturated heterocycles. The van der Waals surface area contributed by atoms with Gasteiger partial charge in [0, 0.05) is 17.7 Å². The van der Waals surface area contributed by atoms with Crippen molar-refractivity contribution in [2.75, 3.05) is 6.54 Å². The zero-order valence-corrected chi connectivity index (χ0v) is 13.1. The Kier molecular flexibility index (Phi) is 4.32. The largest absolute Gasteiger partial charge is 0.481 e. The van der Waals surface area contributed by atoms with E-state index in [2.05, 4.69) is 10.3 Å². The number of carboxylic acid groups (broad SMARTS) is 2. The molecule has 1 fully saturated rings. The molecule has 0 bridgehead atoms. The van der Waals surface area contributed by atoms with Gasteiger partial charge in [-0.25, -0.2) is 4.98 Å². The van der Waals surface area contributed by atoms with Crippen LogP contribution in [0.25, 0.3) is 10.2 Å². The maximum Gasteiger partial charge on any atom is 0.321 e. The summed E-state index contributed by atoms with van der Waals surface area (Å²) >= 11 is 3.01. The van der Waals surface area contributed by atoms with Crippen molar-refractivity contribution in [2.45, 2.75) is 22.1 Å². The molecule has 116 valence electrons. The van der Waals surface area contributed by atoms with Gasteiger partial charge in [0.1, 0.15) is 6.04 Å². The number of rotatable bonds is 5. The lowest BCUT2D eigenvalue weighted by Crippen LogP contribution is -2.37. The Morgan fingerprint density at radius 2 is 2.14 bits per heavy atom. The molecule has 0 unspecified atom stereocenters. The first kappa shape index (κ1) is 15.3. The lowest BCUT2D eigenvalue weighted by molar-refractivity contribution is -0.141. The number of carbonyl (C=O) groups is 2. The van der Waals surface area contributed by atoms with Crippen LogP contribution in [0, 0.1) is 5.92 Å². The maximum absolute atomic E-state index is 11.3. The van der Waals surface area contributed by atoms with Gasteiger partial charge >= 0.3 is 11.9 Å². The standard InChI is InChI=1S/C14H14N2O4S2/c17-11(18)5-7-10(6-15-12(7)13(19)20)22-14-16-8-3-1-2-4-9(8)21-14/h1-4,7,10,12,15H,5-6H2,(H,17,18)(H,19,20)/t7-,10-,12-/m0/s1. The molecule has 0 radical (unpaired) electrons. The molecule has 1 aromatic heterocycles. The number of benzene rings is 1. The van der Waals surface area contributed by atoms with Crippen molar-refractivity contribution < 1.29 is 19.8 Å². The minimum Gasteiger partial charge on any atom is -0.481 e. The number of thioether (sulfide) groups is 1. The summed E-state index contributed by atoms with van der Waals surface area (Å²) in [6, 6.07) is 6.96. The zero-order chi connectivity index (χ0) is 15.7. The highest BCUT2D eigenvalue weighted by atomic mass is 32.2. The molecular weight excluding hydrogens is 324 g/mol. The summed E-state index contributed by atoms with van der Waals surface area (Å²) < 4.78 is 1.91. The van der Waals surface area contributed by atoms with E-state index in [0.717, 1.165) is 14.6 Å². The fourth-order valence-electron chi connectivity index (χ4n) is 2.64. The van der Waals surface area contributed by atoms with Crippen molar-refractivity contribution in [3.8, 4) is 0 Å². The molecule has 0 amide bonds. The summed E-state index contributed by atoms with van der Waals surface area (Å²) in [6.07, 6.45) is -0.160. The molecule has 0 aliphatic carbocycles.